The van der Waals surface area contributed by atoms with Crippen LogP contribution in [0.25, 0.3) is 10.1 Å². The summed E-state index contributed by atoms with van der Waals surface area (Å²) in [5.41, 5.74) is 7.12. The zero-order chi connectivity index (χ0) is 10.1. The Kier molecular flexibility index (Phi) is 2.23. The van der Waals surface area contributed by atoms with E-state index in [0.29, 0.717) is 10.6 Å². The first kappa shape index (κ1) is 9.18. The van der Waals surface area contributed by atoms with Gasteiger partial charge in [0.05, 0.1) is 17.2 Å². The van der Waals surface area contributed by atoms with E-state index in [2.05, 4.69) is 0 Å². The van der Waals surface area contributed by atoms with Crippen molar-refractivity contribution in [2.45, 2.75) is 6.61 Å². The van der Waals surface area contributed by atoms with E-state index in [4.69, 9.17) is 10.8 Å². The van der Waals surface area contributed by atoms with Crippen LogP contribution in [-0.4, -0.2) is 11.4 Å². The third-order valence-electron chi connectivity index (χ3n) is 2.11. The van der Waals surface area contributed by atoms with Gasteiger partial charge in [-0.1, -0.05) is 12.1 Å². The van der Waals surface area contributed by atoms with E-state index >= 15 is 0 Å². The lowest BCUT2D eigenvalue weighted by atomic mass is 10.1. The van der Waals surface area contributed by atoms with E-state index in [1.165, 1.54) is 11.3 Å². The van der Waals surface area contributed by atoms with Crippen molar-refractivity contribution in [2.75, 3.05) is 5.73 Å². The molecule has 1 heterocycles. The number of nitrogens with two attached hydrogens (primary N) is 1. The van der Waals surface area contributed by atoms with Crippen molar-refractivity contribution in [1.82, 2.24) is 0 Å². The summed E-state index contributed by atoms with van der Waals surface area (Å²) in [6.45, 7) is 0.00413. The van der Waals surface area contributed by atoms with Gasteiger partial charge in [0.25, 0.3) is 0 Å². The Morgan fingerprint density at radius 3 is 2.93 bits per heavy atom. The van der Waals surface area contributed by atoms with E-state index in [1.807, 2.05) is 12.1 Å². The molecule has 0 spiro atoms. The predicted octanol–water partition coefficient (Wildman–Crippen LogP) is 1.79. The molecule has 0 atom stereocenters. The average molecular weight is 207 g/mol. The average Bonchev–Trinajstić information content (AvgIpc) is 2.55. The maximum atomic E-state index is 10.6. The van der Waals surface area contributed by atoms with Crippen molar-refractivity contribution in [1.29, 1.82) is 0 Å². The monoisotopic (exact) mass is 207 g/mol. The van der Waals surface area contributed by atoms with Gasteiger partial charge in [-0.3, -0.25) is 4.79 Å². The highest BCUT2D eigenvalue weighted by atomic mass is 32.1. The van der Waals surface area contributed by atoms with Crippen molar-refractivity contribution < 1.29 is 9.90 Å². The molecule has 0 amide bonds. The number of aldehydes is 1. The van der Waals surface area contributed by atoms with Crippen LogP contribution < -0.4 is 5.73 Å². The number of rotatable bonds is 2. The zero-order valence-corrected chi connectivity index (χ0v) is 8.17. The summed E-state index contributed by atoms with van der Waals surface area (Å²) in [5, 5.41) is 9.82. The zero-order valence-electron chi connectivity index (χ0n) is 7.36. The number of benzene rings is 1. The highest BCUT2D eigenvalue weighted by Crippen LogP contribution is 2.32. The number of aliphatic hydroxyl groups excluding tert-OH is 1. The highest BCUT2D eigenvalue weighted by molar-refractivity contribution is 7.21. The van der Waals surface area contributed by atoms with Crippen molar-refractivity contribution in [3.63, 3.8) is 0 Å². The van der Waals surface area contributed by atoms with Crippen LogP contribution in [0, 0.1) is 0 Å². The molecule has 3 nitrogen and oxygen atoms in total. The lowest BCUT2D eigenvalue weighted by Crippen LogP contribution is -1.87. The summed E-state index contributed by atoms with van der Waals surface area (Å²) >= 11 is 1.35. The Labute approximate surface area is 84.8 Å². The van der Waals surface area contributed by atoms with Gasteiger partial charge in [-0.15, -0.1) is 11.3 Å². The van der Waals surface area contributed by atoms with Crippen LogP contribution in [-0.2, 0) is 6.61 Å². The molecule has 0 fully saturated rings. The summed E-state index contributed by atoms with van der Waals surface area (Å²) in [6, 6.07) is 5.49. The van der Waals surface area contributed by atoms with Crippen molar-refractivity contribution >= 4 is 33.4 Å². The molecule has 1 aromatic carbocycles. The first-order chi connectivity index (χ1) is 6.76. The molecule has 0 aliphatic rings. The normalized spacial score (nSPS) is 10.6. The van der Waals surface area contributed by atoms with Gasteiger partial charge in [-0.25, -0.2) is 0 Å². The summed E-state index contributed by atoms with van der Waals surface area (Å²) in [5.74, 6) is 0. The molecule has 0 unspecified atom stereocenters. The number of anilines is 1. The number of aliphatic hydroxyl groups is 1. The highest BCUT2D eigenvalue weighted by Gasteiger charge is 2.08. The summed E-state index contributed by atoms with van der Waals surface area (Å²) in [6.07, 6.45) is 0.763. The molecule has 14 heavy (non-hydrogen) atoms. The van der Waals surface area contributed by atoms with Crippen molar-refractivity contribution in [3.8, 4) is 0 Å². The number of hydrogen-bond acceptors (Lipinski definition) is 4. The van der Waals surface area contributed by atoms with Crippen LogP contribution in [0.3, 0.4) is 0 Å². The Hall–Kier alpha value is -1.39. The lowest BCUT2D eigenvalue weighted by Gasteiger charge is -1.95. The maximum Gasteiger partial charge on any atom is 0.162 e. The Morgan fingerprint density at radius 1 is 1.50 bits per heavy atom. The van der Waals surface area contributed by atoms with Gasteiger partial charge in [0.1, 0.15) is 0 Å². The molecule has 3 N–H and O–H groups in total. The number of fused-ring (bicyclic) bond motifs is 1. The number of nitrogen functional groups attached to an aromatic ring is 1. The van der Waals surface area contributed by atoms with E-state index < -0.39 is 0 Å². The third-order valence-corrected chi connectivity index (χ3v) is 3.20. The van der Waals surface area contributed by atoms with Crippen LogP contribution in [0.4, 0.5) is 5.69 Å². The summed E-state index contributed by atoms with van der Waals surface area (Å²) in [7, 11) is 0. The second kappa shape index (κ2) is 3.40. The number of thiophene rings is 1. The van der Waals surface area contributed by atoms with Gasteiger partial charge in [0, 0.05) is 10.1 Å². The van der Waals surface area contributed by atoms with Gasteiger partial charge < -0.3 is 10.8 Å². The molecule has 2 rings (SSSR count). The lowest BCUT2D eigenvalue weighted by molar-refractivity contribution is 0.112. The van der Waals surface area contributed by atoms with Gasteiger partial charge in [-0.2, -0.15) is 0 Å². The number of carbonyl (C=O) groups is 1. The molecule has 72 valence electrons. The molecule has 0 aliphatic carbocycles. The molecule has 0 saturated carbocycles. The van der Waals surface area contributed by atoms with Gasteiger partial charge in [0.15, 0.2) is 6.29 Å². The fourth-order valence-electron chi connectivity index (χ4n) is 1.37. The molecular weight excluding hydrogens is 198 g/mol. The van der Waals surface area contributed by atoms with E-state index in [-0.39, 0.29) is 6.61 Å². The fraction of sp³-hybridized carbons (Fsp3) is 0.100. The van der Waals surface area contributed by atoms with Gasteiger partial charge >= 0.3 is 0 Å². The van der Waals surface area contributed by atoms with Gasteiger partial charge in [-0.05, 0) is 11.6 Å². The largest absolute Gasteiger partial charge is 0.397 e. The first-order valence-corrected chi connectivity index (χ1v) is 4.95. The quantitative estimate of drug-likeness (QED) is 0.738. The Bertz CT molecular complexity index is 490. The Morgan fingerprint density at radius 2 is 2.29 bits per heavy atom. The van der Waals surface area contributed by atoms with Crippen LogP contribution in [0.1, 0.15) is 15.2 Å². The SMILES string of the molecule is Nc1c(C=O)sc2cc(CO)ccc12. The second-order valence-corrected chi connectivity index (χ2v) is 4.07. The van der Waals surface area contributed by atoms with E-state index in [1.54, 1.807) is 6.07 Å². The summed E-state index contributed by atoms with van der Waals surface area (Å²) < 4.78 is 0.941. The van der Waals surface area contributed by atoms with Crippen LogP contribution >= 0.6 is 11.3 Å². The predicted molar refractivity (Wildman–Crippen MR) is 57.5 cm³/mol. The fourth-order valence-corrected chi connectivity index (χ4v) is 2.37. The van der Waals surface area contributed by atoms with Crippen molar-refractivity contribution in [2.24, 2.45) is 0 Å². The molecule has 0 saturated heterocycles. The molecule has 0 bridgehead atoms. The minimum atomic E-state index is 0.00413. The second-order valence-electron chi connectivity index (χ2n) is 2.99. The number of hydrogen-bond donors (Lipinski definition) is 2. The Balaban J connectivity index is 2.72. The first-order valence-electron chi connectivity index (χ1n) is 4.13. The maximum absolute atomic E-state index is 10.6. The van der Waals surface area contributed by atoms with Crippen LogP contribution in [0.5, 0.6) is 0 Å². The van der Waals surface area contributed by atoms with Crippen molar-refractivity contribution in [3.05, 3.63) is 28.6 Å². The topological polar surface area (TPSA) is 63.3 Å². The van der Waals surface area contributed by atoms with Gasteiger partial charge in [0.2, 0.25) is 0 Å². The molecular formula is C10H9NO2S. The van der Waals surface area contributed by atoms with E-state index in [0.717, 1.165) is 21.9 Å². The third kappa shape index (κ3) is 1.29. The van der Waals surface area contributed by atoms with Crippen LogP contribution in [0.2, 0.25) is 0 Å². The van der Waals surface area contributed by atoms with E-state index in [9.17, 15) is 4.79 Å². The standard InChI is InChI=1S/C10H9NO2S/c11-10-7-2-1-6(4-12)3-8(7)14-9(10)5-13/h1-3,5,12H,4,11H2. The van der Waals surface area contributed by atoms with Crippen LogP contribution in [0.15, 0.2) is 18.2 Å². The molecule has 0 aliphatic heterocycles. The molecule has 2 aromatic rings. The molecule has 0 radical (unpaired) electrons. The molecule has 1 aromatic heterocycles. The molecule has 4 heteroatoms. The smallest absolute Gasteiger partial charge is 0.162 e. The minimum Gasteiger partial charge on any atom is -0.397 e. The summed E-state index contributed by atoms with van der Waals surface area (Å²) in [4.78, 5) is 11.2. The number of carbonyl (C=O) groups excluding carboxylic acids is 1. The minimum absolute atomic E-state index is 0.00413.